The molecule has 1 fully saturated rings. The summed E-state index contributed by atoms with van der Waals surface area (Å²) in [5.41, 5.74) is 6.89. The highest BCUT2D eigenvalue weighted by Crippen LogP contribution is 2.34. The maximum atomic E-state index is 13.5. The summed E-state index contributed by atoms with van der Waals surface area (Å²) in [5, 5.41) is 3.41. The van der Waals surface area contributed by atoms with E-state index in [9.17, 15) is 4.39 Å². The summed E-state index contributed by atoms with van der Waals surface area (Å²) in [5.74, 6) is -0.223. The Hall–Kier alpha value is -2.43. The van der Waals surface area contributed by atoms with Gasteiger partial charge in [0.15, 0.2) is 0 Å². The smallest absolute Gasteiger partial charge is 0.123 e. The van der Waals surface area contributed by atoms with Crippen LogP contribution in [0.1, 0.15) is 36.3 Å². The molecule has 0 amide bonds. The molecule has 1 aliphatic rings. The van der Waals surface area contributed by atoms with E-state index in [2.05, 4.69) is 54.1 Å². The minimum absolute atomic E-state index is 0.0357. The number of halogens is 1. The Morgan fingerprint density at radius 1 is 1.11 bits per heavy atom. The molecule has 1 saturated heterocycles. The van der Waals surface area contributed by atoms with E-state index in [0.29, 0.717) is 6.61 Å². The lowest BCUT2D eigenvalue weighted by atomic mass is 10.0. The van der Waals surface area contributed by atoms with E-state index in [-0.39, 0.29) is 11.9 Å². The molecule has 0 aliphatic carbocycles. The van der Waals surface area contributed by atoms with Crippen LogP contribution >= 0.6 is 0 Å². The van der Waals surface area contributed by atoms with Crippen LogP contribution in [0, 0.1) is 12.7 Å². The molecule has 4 heteroatoms. The van der Waals surface area contributed by atoms with Crippen molar-refractivity contribution in [1.82, 2.24) is 9.88 Å². The number of hydrogen-bond acceptors (Lipinski definition) is 2. The molecule has 1 unspecified atom stereocenters. The van der Waals surface area contributed by atoms with Gasteiger partial charge in [0.1, 0.15) is 5.82 Å². The van der Waals surface area contributed by atoms with Crippen LogP contribution in [-0.2, 0) is 11.2 Å². The van der Waals surface area contributed by atoms with Crippen molar-refractivity contribution in [3.05, 3.63) is 77.2 Å². The van der Waals surface area contributed by atoms with E-state index < -0.39 is 0 Å². The van der Waals surface area contributed by atoms with Crippen LogP contribution in [-0.4, -0.2) is 24.3 Å². The van der Waals surface area contributed by atoms with Gasteiger partial charge in [0, 0.05) is 30.0 Å². The summed E-state index contributed by atoms with van der Waals surface area (Å²) in [4.78, 5) is 0. The maximum Gasteiger partial charge on any atom is 0.123 e. The van der Waals surface area contributed by atoms with E-state index in [1.54, 1.807) is 0 Å². The molecule has 1 atom stereocenters. The second-order valence-corrected chi connectivity index (χ2v) is 7.39. The molecular weight excluding hydrogens is 351 g/mol. The van der Waals surface area contributed by atoms with Gasteiger partial charge < -0.3 is 14.6 Å². The average molecular weight is 378 g/mol. The van der Waals surface area contributed by atoms with E-state index in [1.807, 2.05) is 12.1 Å². The summed E-state index contributed by atoms with van der Waals surface area (Å²) in [6.45, 7) is 6.73. The summed E-state index contributed by atoms with van der Waals surface area (Å²) >= 11 is 0. The second kappa shape index (κ2) is 8.29. The fraction of sp³-hybridized carbons (Fsp3) is 0.333. The molecule has 28 heavy (non-hydrogen) atoms. The Kier molecular flexibility index (Phi) is 5.60. The zero-order chi connectivity index (χ0) is 19.5. The number of aryl methyl sites for hydroxylation is 1. The maximum absolute atomic E-state index is 13.5. The monoisotopic (exact) mass is 378 g/mol. The lowest BCUT2D eigenvalue weighted by Gasteiger charge is -2.24. The van der Waals surface area contributed by atoms with Crippen molar-refractivity contribution in [1.29, 1.82) is 0 Å². The average Bonchev–Trinajstić information content (AvgIpc) is 3.07. The Labute approximate surface area is 166 Å². The van der Waals surface area contributed by atoms with Crippen molar-refractivity contribution in [2.45, 2.75) is 32.8 Å². The molecule has 4 rings (SSSR count). The molecule has 1 N–H and O–H groups in total. The van der Waals surface area contributed by atoms with E-state index in [1.165, 1.54) is 23.3 Å². The van der Waals surface area contributed by atoms with Crippen LogP contribution in [0.4, 0.5) is 4.39 Å². The molecule has 1 aromatic heterocycles. The number of rotatable bonds is 5. The highest BCUT2D eigenvalue weighted by Gasteiger charge is 2.23. The summed E-state index contributed by atoms with van der Waals surface area (Å²) in [6.07, 6.45) is 2.26. The number of hydrogen-bond donors (Lipinski definition) is 1. The van der Waals surface area contributed by atoms with E-state index >= 15 is 0 Å². The van der Waals surface area contributed by atoms with E-state index in [4.69, 9.17) is 4.74 Å². The summed E-state index contributed by atoms with van der Waals surface area (Å²) in [6, 6.07) is 17.7. The summed E-state index contributed by atoms with van der Waals surface area (Å²) in [7, 11) is 0. The number of nitrogens with zero attached hydrogens (tertiary/aromatic N) is 1. The molecule has 0 saturated carbocycles. The first kappa shape index (κ1) is 18.9. The van der Waals surface area contributed by atoms with Gasteiger partial charge in [-0.05, 0) is 54.8 Å². The fourth-order valence-electron chi connectivity index (χ4n) is 3.98. The van der Waals surface area contributed by atoms with Gasteiger partial charge in [-0.25, -0.2) is 4.39 Å². The molecule has 0 bridgehead atoms. The lowest BCUT2D eigenvalue weighted by molar-refractivity contribution is 0.0273. The number of morpholine rings is 1. The fourth-order valence-corrected chi connectivity index (χ4v) is 3.98. The van der Waals surface area contributed by atoms with Gasteiger partial charge in [-0.2, -0.15) is 0 Å². The zero-order valence-corrected chi connectivity index (χ0v) is 16.5. The number of ether oxygens (including phenoxy) is 1. The largest absolute Gasteiger partial charge is 0.371 e. The first-order valence-corrected chi connectivity index (χ1v) is 10.1. The Bertz CT molecular complexity index is 922. The minimum atomic E-state index is -0.223. The molecule has 2 aromatic carbocycles. The quantitative estimate of drug-likeness (QED) is 0.660. The van der Waals surface area contributed by atoms with Crippen molar-refractivity contribution in [2.24, 2.45) is 0 Å². The van der Waals surface area contributed by atoms with Gasteiger partial charge >= 0.3 is 0 Å². The Morgan fingerprint density at radius 3 is 2.50 bits per heavy atom. The third-order valence-corrected chi connectivity index (χ3v) is 5.43. The van der Waals surface area contributed by atoms with E-state index in [0.717, 1.165) is 48.6 Å². The van der Waals surface area contributed by atoms with Crippen molar-refractivity contribution < 1.29 is 9.13 Å². The van der Waals surface area contributed by atoms with Crippen LogP contribution in [0.15, 0.2) is 54.6 Å². The molecule has 0 radical (unpaired) electrons. The van der Waals surface area contributed by atoms with Crippen LogP contribution in [0.25, 0.3) is 16.9 Å². The van der Waals surface area contributed by atoms with Crippen LogP contribution in [0.5, 0.6) is 0 Å². The highest BCUT2D eigenvalue weighted by atomic mass is 19.1. The van der Waals surface area contributed by atoms with Crippen molar-refractivity contribution in [3.8, 4) is 16.9 Å². The molecular formula is C24H27FN2O. The number of aromatic nitrogens is 1. The van der Waals surface area contributed by atoms with Gasteiger partial charge in [0.05, 0.1) is 18.4 Å². The van der Waals surface area contributed by atoms with Crippen molar-refractivity contribution in [2.75, 3.05) is 19.7 Å². The van der Waals surface area contributed by atoms with Gasteiger partial charge in [0.2, 0.25) is 0 Å². The van der Waals surface area contributed by atoms with Gasteiger partial charge in [-0.15, -0.1) is 0 Å². The molecule has 146 valence electrons. The van der Waals surface area contributed by atoms with Crippen LogP contribution < -0.4 is 5.32 Å². The molecule has 0 spiro atoms. The molecule has 2 heterocycles. The number of benzene rings is 2. The summed E-state index contributed by atoms with van der Waals surface area (Å²) < 4.78 is 21.7. The minimum Gasteiger partial charge on any atom is -0.371 e. The number of nitrogens with one attached hydrogen (secondary N) is 1. The normalized spacial score (nSPS) is 17.0. The Morgan fingerprint density at radius 2 is 1.86 bits per heavy atom. The highest BCUT2D eigenvalue weighted by molar-refractivity contribution is 5.66. The topological polar surface area (TPSA) is 26.2 Å². The molecule has 1 aliphatic heterocycles. The lowest BCUT2D eigenvalue weighted by Crippen LogP contribution is -2.33. The second-order valence-electron chi connectivity index (χ2n) is 7.39. The van der Waals surface area contributed by atoms with Crippen LogP contribution in [0.2, 0.25) is 0 Å². The van der Waals surface area contributed by atoms with Crippen molar-refractivity contribution in [3.63, 3.8) is 0 Å². The third-order valence-electron chi connectivity index (χ3n) is 5.43. The predicted molar refractivity (Wildman–Crippen MR) is 111 cm³/mol. The third kappa shape index (κ3) is 3.75. The van der Waals surface area contributed by atoms with Crippen LogP contribution in [0.3, 0.4) is 0 Å². The van der Waals surface area contributed by atoms with Gasteiger partial charge in [-0.1, -0.05) is 37.6 Å². The van der Waals surface area contributed by atoms with Crippen molar-refractivity contribution >= 4 is 0 Å². The van der Waals surface area contributed by atoms with Gasteiger partial charge in [0.25, 0.3) is 0 Å². The SMILES string of the molecule is CCCc1ccc(-c2cc(C3CNCCO3)c(C)n2-c2ccc(F)cc2)cc1. The predicted octanol–water partition coefficient (Wildman–Crippen LogP) is 5.21. The Balaban J connectivity index is 1.81. The molecule has 3 nitrogen and oxygen atoms in total. The molecule has 3 aromatic rings. The first-order chi connectivity index (χ1) is 13.7. The first-order valence-electron chi connectivity index (χ1n) is 10.1. The standard InChI is InChI=1S/C24H27FN2O/c1-3-4-18-5-7-19(8-6-18)23-15-22(24-16-26-13-14-28-24)17(2)27(23)21-11-9-20(25)10-12-21/h5-12,15,24,26H,3-4,13-14,16H2,1-2H3. The van der Waals surface area contributed by atoms with Gasteiger partial charge in [-0.3, -0.25) is 0 Å². The zero-order valence-electron chi connectivity index (χ0n) is 16.5.